The summed E-state index contributed by atoms with van der Waals surface area (Å²) in [5.74, 6) is -1.37. The number of aromatic carboxylic acids is 1. The highest BCUT2D eigenvalue weighted by atomic mass is 19.2. The van der Waals surface area contributed by atoms with Gasteiger partial charge in [0.1, 0.15) is 0 Å². The van der Waals surface area contributed by atoms with Gasteiger partial charge < -0.3 is 5.11 Å². The summed E-state index contributed by atoms with van der Waals surface area (Å²) in [4.78, 5) is 11.6. The van der Waals surface area contributed by atoms with Crippen LogP contribution in [0.15, 0.2) is 36.4 Å². The second kappa shape index (κ2) is 9.31. The summed E-state index contributed by atoms with van der Waals surface area (Å²) in [5.41, 5.74) is 1.98. The van der Waals surface area contributed by atoms with E-state index in [0.717, 1.165) is 42.4 Å². The summed E-state index contributed by atoms with van der Waals surface area (Å²) in [5, 5.41) is 9.48. The molecule has 0 amide bonds. The molecule has 2 nitrogen and oxygen atoms in total. The van der Waals surface area contributed by atoms with Crippen molar-refractivity contribution in [2.24, 2.45) is 11.8 Å². The summed E-state index contributed by atoms with van der Waals surface area (Å²) in [7, 11) is 0. The SMILES string of the molecule is CCCC1CCC(CCc2ccc(C(=O)O)c(-c3ccc(F)c(F)c3)c2)CC1. The minimum Gasteiger partial charge on any atom is -0.478 e. The lowest BCUT2D eigenvalue weighted by molar-refractivity contribution is 0.0697. The lowest BCUT2D eigenvalue weighted by Gasteiger charge is -2.28. The molecule has 0 bridgehead atoms. The molecule has 3 rings (SSSR count). The fourth-order valence-electron chi connectivity index (χ4n) is 4.42. The van der Waals surface area contributed by atoms with Gasteiger partial charge in [0.2, 0.25) is 0 Å². The Morgan fingerprint density at radius 1 is 0.964 bits per heavy atom. The van der Waals surface area contributed by atoms with Gasteiger partial charge in [-0.2, -0.15) is 0 Å². The molecule has 1 aliphatic rings. The quantitative estimate of drug-likeness (QED) is 0.564. The van der Waals surface area contributed by atoms with Gasteiger partial charge in [-0.05, 0) is 59.6 Å². The highest BCUT2D eigenvalue weighted by Crippen LogP contribution is 2.34. The molecule has 1 aliphatic carbocycles. The maximum atomic E-state index is 13.7. The summed E-state index contributed by atoms with van der Waals surface area (Å²) in [6.45, 7) is 2.25. The van der Waals surface area contributed by atoms with Gasteiger partial charge in [0.05, 0.1) is 5.56 Å². The van der Waals surface area contributed by atoms with Crippen LogP contribution in [0.25, 0.3) is 11.1 Å². The topological polar surface area (TPSA) is 37.3 Å². The van der Waals surface area contributed by atoms with Crippen molar-refractivity contribution in [2.75, 3.05) is 0 Å². The lowest BCUT2D eigenvalue weighted by Crippen LogP contribution is -2.15. The number of carbonyl (C=O) groups is 1. The Labute approximate surface area is 165 Å². The van der Waals surface area contributed by atoms with E-state index >= 15 is 0 Å². The predicted octanol–water partition coefficient (Wildman–Crippen LogP) is 6.87. The Morgan fingerprint density at radius 3 is 2.25 bits per heavy atom. The zero-order valence-corrected chi connectivity index (χ0v) is 16.4. The molecule has 0 spiro atoms. The second-order valence-electron chi connectivity index (χ2n) is 8.03. The molecule has 0 heterocycles. The van der Waals surface area contributed by atoms with Crippen LogP contribution in [-0.4, -0.2) is 11.1 Å². The van der Waals surface area contributed by atoms with Gasteiger partial charge in [0, 0.05) is 0 Å². The molecule has 4 heteroatoms. The average Bonchev–Trinajstić information content (AvgIpc) is 2.69. The normalized spacial score (nSPS) is 19.5. The van der Waals surface area contributed by atoms with E-state index in [4.69, 9.17) is 0 Å². The lowest BCUT2D eigenvalue weighted by atomic mass is 9.78. The Bertz CT molecular complexity index is 823. The Hall–Kier alpha value is -2.23. The van der Waals surface area contributed by atoms with E-state index in [2.05, 4.69) is 6.92 Å². The van der Waals surface area contributed by atoms with Crippen molar-refractivity contribution in [1.82, 2.24) is 0 Å². The smallest absolute Gasteiger partial charge is 0.336 e. The number of benzene rings is 2. The van der Waals surface area contributed by atoms with Gasteiger partial charge in [0.25, 0.3) is 0 Å². The molecule has 1 N–H and O–H groups in total. The molecule has 1 fully saturated rings. The summed E-state index contributed by atoms with van der Waals surface area (Å²) in [6.07, 6.45) is 9.73. The van der Waals surface area contributed by atoms with E-state index in [1.54, 1.807) is 6.07 Å². The van der Waals surface area contributed by atoms with Gasteiger partial charge in [0.15, 0.2) is 11.6 Å². The zero-order chi connectivity index (χ0) is 20.1. The molecule has 28 heavy (non-hydrogen) atoms. The van der Waals surface area contributed by atoms with Gasteiger partial charge in [-0.15, -0.1) is 0 Å². The highest BCUT2D eigenvalue weighted by Gasteiger charge is 2.21. The van der Waals surface area contributed by atoms with Crippen LogP contribution in [0.2, 0.25) is 0 Å². The summed E-state index contributed by atoms with van der Waals surface area (Å²) >= 11 is 0. The fourth-order valence-corrected chi connectivity index (χ4v) is 4.42. The molecule has 0 saturated heterocycles. The molecule has 0 radical (unpaired) electrons. The first-order valence-corrected chi connectivity index (χ1v) is 10.3. The largest absolute Gasteiger partial charge is 0.478 e. The first-order chi connectivity index (χ1) is 13.5. The zero-order valence-electron chi connectivity index (χ0n) is 16.4. The van der Waals surface area contributed by atoms with Gasteiger partial charge in [-0.25, -0.2) is 13.6 Å². The Morgan fingerprint density at radius 2 is 1.64 bits per heavy atom. The maximum absolute atomic E-state index is 13.7. The van der Waals surface area contributed by atoms with Gasteiger partial charge in [-0.1, -0.05) is 63.6 Å². The van der Waals surface area contributed by atoms with Gasteiger partial charge in [-0.3, -0.25) is 0 Å². The molecule has 1 saturated carbocycles. The highest BCUT2D eigenvalue weighted by molar-refractivity contribution is 5.96. The van der Waals surface area contributed by atoms with Crippen LogP contribution in [-0.2, 0) is 6.42 Å². The molecule has 150 valence electrons. The van der Waals surface area contributed by atoms with E-state index in [-0.39, 0.29) is 5.56 Å². The molecule has 0 unspecified atom stereocenters. The summed E-state index contributed by atoms with van der Waals surface area (Å²) < 4.78 is 26.9. The molecule has 2 aromatic carbocycles. The molecular formula is C24H28F2O2. The van der Waals surface area contributed by atoms with E-state index in [0.29, 0.717) is 11.1 Å². The van der Waals surface area contributed by atoms with Crippen molar-refractivity contribution in [3.8, 4) is 11.1 Å². The number of carboxylic acid groups (broad SMARTS) is 1. The number of rotatable bonds is 7. The van der Waals surface area contributed by atoms with E-state index in [1.165, 1.54) is 44.6 Å². The van der Waals surface area contributed by atoms with Crippen molar-refractivity contribution in [3.05, 3.63) is 59.2 Å². The average molecular weight is 386 g/mol. The number of aryl methyl sites for hydroxylation is 1. The first-order valence-electron chi connectivity index (χ1n) is 10.3. The minimum absolute atomic E-state index is 0.106. The maximum Gasteiger partial charge on any atom is 0.336 e. The van der Waals surface area contributed by atoms with Crippen LogP contribution in [0, 0.1) is 23.5 Å². The minimum atomic E-state index is -1.07. The second-order valence-corrected chi connectivity index (χ2v) is 8.03. The Kier molecular flexibility index (Phi) is 6.82. The van der Waals surface area contributed by atoms with Crippen molar-refractivity contribution in [2.45, 2.75) is 58.3 Å². The third kappa shape index (κ3) is 4.98. The molecule has 2 aromatic rings. The predicted molar refractivity (Wildman–Crippen MR) is 107 cm³/mol. The van der Waals surface area contributed by atoms with Gasteiger partial charge >= 0.3 is 5.97 Å². The van der Waals surface area contributed by atoms with Crippen molar-refractivity contribution in [3.63, 3.8) is 0 Å². The molecule has 0 aromatic heterocycles. The summed E-state index contributed by atoms with van der Waals surface area (Å²) in [6, 6.07) is 8.77. The van der Waals surface area contributed by atoms with Crippen LogP contribution in [0.3, 0.4) is 0 Å². The van der Waals surface area contributed by atoms with Crippen LogP contribution >= 0.6 is 0 Å². The van der Waals surface area contributed by atoms with Crippen molar-refractivity contribution in [1.29, 1.82) is 0 Å². The third-order valence-corrected chi connectivity index (χ3v) is 6.05. The number of hydrogen-bond acceptors (Lipinski definition) is 1. The van der Waals surface area contributed by atoms with Crippen molar-refractivity contribution < 1.29 is 18.7 Å². The standard InChI is InChI=1S/C24H28F2O2/c1-2-3-16-4-6-17(7-5-16)8-9-18-10-12-20(24(27)28)21(14-18)19-11-13-22(25)23(26)15-19/h10-17H,2-9H2,1H3,(H,27,28). The molecule has 0 aliphatic heterocycles. The van der Waals surface area contributed by atoms with Crippen LogP contribution in [0.4, 0.5) is 8.78 Å². The number of carboxylic acids is 1. The van der Waals surface area contributed by atoms with E-state index in [1.807, 2.05) is 12.1 Å². The molecular weight excluding hydrogens is 358 g/mol. The fraction of sp³-hybridized carbons (Fsp3) is 0.458. The first kappa shape index (κ1) is 20.5. The van der Waals surface area contributed by atoms with Crippen LogP contribution in [0.5, 0.6) is 0 Å². The van der Waals surface area contributed by atoms with Crippen LogP contribution < -0.4 is 0 Å². The van der Waals surface area contributed by atoms with Crippen molar-refractivity contribution >= 4 is 5.97 Å². The Balaban J connectivity index is 1.72. The van der Waals surface area contributed by atoms with E-state index in [9.17, 15) is 18.7 Å². The number of hydrogen-bond donors (Lipinski definition) is 1. The monoisotopic (exact) mass is 386 g/mol. The third-order valence-electron chi connectivity index (χ3n) is 6.05. The van der Waals surface area contributed by atoms with E-state index < -0.39 is 17.6 Å². The molecule has 0 atom stereocenters. The number of halogens is 2. The van der Waals surface area contributed by atoms with Crippen LogP contribution in [0.1, 0.15) is 67.8 Å².